The van der Waals surface area contributed by atoms with Crippen LogP contribution in [0.3, 0.4) is 0 Å². The molecule has 104 valence electrons. The van der Waals surface area contributed by atoms with Gasteiger partial charge in [-0.25, -0.2) is 13.6 Å². The molecule has 0 bridgehead atoms. The number of nitrogens with two attached hydrogens (primary N) is 1. The van der Waals surface area contributed by atoms with E-state index in [9.17, 15) is 13.2 Å². The van der Waals surface area contributed by atoms with Gasteiger partial charge in [0.1, 0.15) is 0 Å². The number of pyridine rings is 1. The second kappa shape index (κ2) is 5.81. The predicted molar refractivity (Wildman–Crippen MR) is 74.4 cm³/mol. The number of hydrogen-bond donors (Lipinski definition) is 2. The van der Waals surface area contributed by atoms with Gasteiger partial charge in [0, 0.05) is 18.1 Å². The molecule has 0 aliphatic carbocycles. The van der Waals surface area contributed by atoms with Gasteiger partial charge in [0.15, 0.2) is 0 Å². The zero-order valence-corrected chi connectivity index (χ0v) is 11.3. The molecular weight excluding hydrogens is 278 g/mol. The number of carbonyl (C=O) groups is 1. The van der Waals surface area contributed by atoms with E-state index in [0.717, 1.165) is 5.56 Å². The highest BCUT2D eigenvalue weighted by Crippen LogP contribution is 2.14. The van der Waals surface area contributed by atoms with Crippen molar-refractivity contribution >= 4 is 21.6 Å². The molecule has 0 unspecified atom stereocenters. The van der Waals surface area contributed by atoms with Crippen molar-refractivity contribution in [3.8, 4) is 0 Å². The van der Waals surface area contributed by atoms with Gasteiger partial charge in [-0.2, -0.15) is 0 Å². The van der Waals surface area contributed by atoms with Crippen molar-refractivity contribution in [2.75, 3.05) is 5.32 Å². The Hall–Kier alpha value is -2.25. The van der Waals surface area contributed by atoms with Gasteiger partial charge < -0.3 is 5.32 Å². The second-order valence-corrected chi connectivity index (χ2v) is 5.72. The molecule has 0 fully saturated rings. The molecule has 6 nitrogen and oxygen atoms in total. The number of nitrogens with zero attached hydrogens (tertiary/aromatic N) is 1. The average Bonchev–Trinajstić information content (AvgIpc) is 2.39. The third kappa shape index (κ3) is 3.87. The Kier molecular flexibility index (Phi) is 4.11. The van der Waals surface area contributed by atoms with Gasteiger partial charge in [0.2, 0.25) is 15.9 Å². The lowest BCUT2D eigenvalue weighted by Crippen LogP contribution is -2.16. The number of benzene rings is 1. The standard InChI is InChI=1S/C13H13N3O3S/c14-20(18,19)12-5-1-4-11(8-12)16-13(17)7-10-3-2-6-15-9-10/h1-6,8-9H,7H2,(H,16,17)(H2,14,18,19). The van der Waals surface area contributed by atoms with Crippen molar-refractivity contribution in [3.63, 3.8) is 0 Å². The van der Waals surface area contributed by atoms with Crippen molar-refractivity contribution in [2.45, 2.75) is 11.3 Å². The average molecular weight is 291 g/mol. The summed E-state index contributed by atoms with van der Waals surface area (Å²) in [5, 5.41) is 7.65. The van der Waals surface area contributed by atoms with Crippen LogP contribution in [0.25, 0.3) is 0 Å². The van der Waals surface area contributed by atoms with E-state index in [2.05, 4.69) is 10.3 Å². The molecule has 2 rings (SSSR count). The predicted octanol–water partition coefficient (Wildman–Crippen LogP) is 0.910. The summed E-state index contributed by atoms with van der Waals surface area (Å²) in [6.45, 7) is 0. The molecule has 0 aliphatic heterocycles. The molecule has 0 aliphatic rings. The molecule has 0 saturated carbocycles. The van der Waals surface area contributed by atoms with Gasteiger partial charge in [-0.05, 0) is 29.8 Å². The van der Waals surface area contributed by atoms with E-state index in [-0.39, 0.29) is 17.2 Å². The Balaban J connectivity index is 2.09. The van der Waals surface area contributed by atoms with Crippen molar-refractivity contribution in [2.24, 2.45) is 5.14 Å². The Bertz CT molecular complexity index is 715. The summed E-state index contributed by atoms with van der Waals surface area (Å²) in [5.74, 6) is -0.260. The largest absolute Gasteiger partial charge is 0.326 e. The minimum atomic E-state index is -3.78. The van der Waals surface area contributed by atoms with Gasteiger partial charge in [-0.3, -0.25) is 9.78 Å². The Morgan fingerprint density at radius 3 is 2.70 bits per heavy atom. The summed E-state index contributed by atoms with van der Waals surface area (Å²) >= 11 is 0. The summed E-state index contributed by atoms with van der Waals surface area (Å²) < 4.78 is 22.4. The fourth-order valence-electron chi connectivity index (χ4n) is 1.64. The van der Waals surface area contributed by atoms with E-state index in [1.54, 1.807) is 30.6 Å². The van der Waals surface area contributed by atoms with Gasteiger partial charge in [0.05, 0.1) is 11.3 Å². The quantitative estimate of drug-likeness (QED) is 0.874. The molecule has 0 atom stereocenters. The van der Waals surface area contributed by atoms with Gasteiger partial charge in [-0.1, -0.05) is 12.1 Å². The van der Waals surface area contributed by atoms with Crippen LogP contribution >= 0.6 is 0 Å². The smallest absolute Gasteiger partial charge is 0.238 e. The molecular formula is C13H13N3O3S. The lowest BCUT2D eigenvalue weighted by molar-refractivity contribution is -0.115. The van der Waals surface area contributed by atoms with Crippen LogP contribution < -0.4 is 10.5 Å². The minimum Gasteiger partial charge on any atom is -0.326 e. The van der Waals surface area contributed by atoms with Crippen molar-refractivity contribution < 1.29 is 13.2 Å². The number of aromatic nitrogens is 1. The summed E-state index contributed by atoms with van der Waals surface area (Å²) in [7, 11) is -3.78. The Labute approximate surface area is 116 Å². The Morgan fingerprint density at radius 1 is 1.25 bits per heavy atom. The number of amides is 1. The highest BCUT2D eigenvalue weighted by molar-refractivity contribution is 7.89. The fourth-order valence-corrected chi connectivity index (χ4v) is 2.20. The first-order chi connectivity index (χ1) is 9.45. The van der Waals surface area contributed by atoms with E-state index in [1.165, 1.54) is 18.2 Å². The van der Waals surface area contributed by atoms with Crippen LogP contribution in [0.2, 0.25) is 0 Å². The van der Waals surface area contributed by atoms with Crippen LogP contribution in [-0.4, -0.2) is 19.3 Å². The number of primary sulfonamides is 1. The van der Waals surface area contributed by atoms with Crippen LogP contribution in [-0.2, 0) is 21.2 Å². The highest BCUT2D eigenvalue weighted by Gasteiger charge is 2.09. The first-order valence-electron chi connectivity index (χ1n) is 5.77. The van der Waals surface area contributed by atoms with E-state index in [1.807, 2.05) is 0 Å². The molecule has 7 heteroatoms. The number of nitrogens with one attached hydrogen (secondary N) is 1. The maximum atomic E-state index is 11.8. The lowest BCUT2D eigenvalue weighted by atomic mass is 10.2. The number of hydrogen-bond acceptors (Lipinski definition) is 4. The maximum Gasteiger partial charge on any atom is 0.238 e. The van der Waals surface area contributed by atoms with Crippen molar-refractivity contribution in [3.05, 3.63) is 54.4 Å². The number of sulfonamides is 1. The fraction of sp³-hybridized carbons (Fsp3) is 0.0769. The number of carbonyl (C=O) groups excluding carboxylic acids is 1. The normalized spacial score (nSPS) is 11.1. The van der Waals surface area contributed by atoms with Crippen LogP contribution in [0, 0.1) is 0 Å². The summed E-state index contributed by atoms with van der Waals surface area (Å²) in [6.07, 6.45) is 3.38. The zero-order valence-electron chi connectivity index (χ0n) is 10.5. The number of anilines is 1. The lowest BCUT2D eigenvalue weighted by Gasteiger charge is -2.06. The molecule has 3 N–H and O–H groups in total. The van der Waals surface area contributed by atoms with Crippen LogP contribution in [0.1, 0.15) is 5.56 Å². The summed E-state index contributed by atoms with van der Waals surface area (Å²) in [6, 6.07) is 9.31. The van der Waals surface area contributed by atoms with E-state index < -0.39 is 10.0 Å². The third-order valence-corrected chi connectivity index (χ3v) is 3.44. The zero-order chi connectivity index (χ0) is 14.6. The van der Waals surface area contributed by atoms with Gasteiger partial charge >= 0.3 is 0 Å². The van der Waals surface area contributed by atoms with Crippen LogP contribution in [0.4, 0.5) is 5.69 Å². The van der Waals surface area contributed by atoms with Gasteiger partial charge in [-0.15, -0.1) is 0 Å². The molecule has 1 amide bonds. The summed E-state index contributed by atoms with van der Waals surface area (Å²) in [4.78, 5) is 15.7. The maximum absolute atomic E-state index is 11.8. The Morgan fingerprint density at radius 2 is 2.05 bits per heavy atom. The molecule has 0 radical (unpaired) electrons. The van der Waals surface area contributed by atoms with E-state index in [0.29, 0.717) is 5.69 Å². The first kappa shape index (κ1) is 14.2. The van der Waals surface area contributed by atoms with Gasteiger partial charge in [0.25, 0.3) is 0 Å². The number of rotatable bonds is 4. The molecule has 1 aromatic heterocycles. The van der Waals surface area contributed by atoms with Crippen molar-refractivity contribution in [1.29, 1.82) is 0 Å². The highest BCUT2D eigenvalue weighted by atomic mass is 32.2. The van der Waals surface area contributed by atoms with Crippen molar-refractivity contribution in [1.82, 2.24) is 4.98 Å². The molecule has 20 heavy (non-hydrogen) atoms. The SMILES string of the molecule is NS(=O)(=O)c1cccc(NC(=O)Cc2cccnc2)c1. The monoisotopic (exact) mass is 291 g/mol. The minimum absolute atomic E-state index is 0.0447. The third-order valence-electron chi connectivity index (χ3n) is 2.53. The van der Waals surface area contributed by atoms with Crippen LogP contribution in [0.15, 0.2) is 53.7 Å². The van der Waals surface area contributed by atoms with E-state index >= 15 is 0 Å². The second-order valence-electron chi connectivity index (χ2n) is 4.16. The molecule has 1 heterocycles. The first-order valence-corrected chi connectivity index (χ1v) is 7.31. The summed E-state index contributed by atoms with van der Waals surface area (Å²) in [5.41, 5.74) is 1.15. The molecule has 0 spiro atoms. The molecule has 2 aromatic rings. The van der Waals surface area contributed by atoms with Crippen LogP contribution in [0.5, 0.6) is 0 Å². The van der Waals surface area contributed by atoms with E-state index in [4.69, 9.17) is 5.14 Å². The molecule has 1 aromatic carbocycles. The molecule has 0 saturated heterocycles. The topological polar surface area (TPSA) is 102 Å².